The van der Waals surface area contributed by atoms with E-state index in [4.69, 9.17) is 18.9 Å². The van der Waals surface area contributed by atoms with Crippen LogP contribution in [-0.2, 0) is 9.59 Å². The fourth-order valence-corrected chi connectivity index (χ4v) is 5.22. The third-order valence-electron chi connectivity index (χ3n) is 7.28. The smallest absolute Gasteiger partial charge is 0.300 e. The van der Waals surface area contributed by atoms with Crippen molar-refractivity contribution in [2.45, 2.75) is 39.7 Å². The van der Waals surface area contributed by atoms with Crippen molar-refractivity contribution >= 4 is 23.1 Å². The SMILES string of the molecule is COc1cc(C)c(/C(O)=C2\C(=O)C(=O)N(c3ccccc3C)C2c2cc(OC)c(OC)c(OC)c2)cc1C(C)C. The molecule has 4 rings (SSSR count). The highest BCUT2D eigenvalue weighted by Gasteiger charge is 2.48. The van der Waals surface area contributed by atoms with Crippen molar-refractivity contribution in [3.63, 3.8) is 0 Å². The van der Waals surface area contributed by atoms with Crippen LogP contribution in [0.25, 0.3) is 5.76 Å². The van der Waals surface area contributed by atoms with Crippen molar-refractivity contribution in [1.29, 1.82) is 0 Å². The molecule has 1 heterocycles. The van der Waals surface area contributed by atoms with Gasteiger partial charge in [0.1, 0.15) is 11.5 Å². The van der Waals surface area contributed by atoms with Gasteiger partial charge in [-0.05, 0) is 72.4 Å². The topological polar surface area (TPSA) is 94.5 Å². The number of anilines is 1. The number of hydrogen-bond donors (Lipinski definition) is 1. The predicted molar refractivity (Wildman–Crippen MR) is 154 cm³/mol. The molecule has 3 aromatic carbocycles. The maximum Gasteiger partial charge on any atom is 0.300 e. The van der Waals surface area contributed by atoms with Crippen LogP contribution in [0.1, 0.15) is 53.6 Å². The van der Waals surface area contributed by atoms with Gasteiger partial charge in [-0.15, -0.1) is 0 Å². The van der Waals surface area contributed by atoms with Gasteiger partial charge in [-0.3, -0.25) is 14.5 Å². The quantitative estimate of drug-likeness (QED) is 0.208. The van der Waals surface area contributed by atoms with E-state index in [9.17, 15) is 14.7 Å². The van der Waals surface area contributed by atoms with E-state index in [0.717, 1.165) is 11.1 Å². The second kappa shape index (κ2) is 11.3. The molecule has 1 amide bonds. The Morgan fingerprint density at radius 2 is 1.43 bits per heavy atom. The van der Waals surface area contributed by atoms with Gasteiger partial charge in [0.15, 0.2) is 11.5 Å². The Hall–Kier alpha value is -4.46. The number of hydrogen-bond acceptors (Lipinski definition) is 7. The van der Waals surface area contributed by atoms with Crippen molar-refractivity contribution in [2.24, 2.45) is 0 Å². The maximum atomic E-state index is 13.8. The van der Waals surface area contributed by atoms with Gasteiger partial charge < -0.3 is 24.1 Å². The lowest BCUT2D eigenvalue weighted by molar-refractivity contribution is -0.132. The average Bonchev–Trinajstić information content (AvgIpc) is 3.21. The standard InChI is InChI=1S/C32H35NO7/c1-17(2)21-16-22(19(4)13-24(21)37-5)29(34)27-28(20-14-25(38-6)31(40-8)26(15-20)39-7)33(32(36)30(27)35)23-12-10-9-11-18(23)3/h9-17,28,34H,1-8H3/b29-27+. The van der Waals surface area contributed by atoms with E-state index in [-0.39, 0.29) is 17.3 Å². The number of carbonyl (C=O) groups is 2. The van der Waals surface area contributed by atoms with Gasteiger partial charge in [0.25, 0.3) is 11.7 Å². The molecule has 1 N–H and O–H groups in total. The lowest BCUT2D eigenvalue weighted by Gasteiger charge is -2.28. The first-order chi connectivity index (χ1) is 19.1. The summed E-state index contributed by atoms with van der Waals surface area (Å²) in [7, 11) is 6.08. The van der Waals surface area contributed by atoms with Gasteiger partial charge in [0.2, 0.25) is 5.75 Å². The fourth-order valence-electron chi connectivity index (χ4n) is 5.22. The molecule has 0 aromatic heterocycles. The number of nitrogens with zero attached hydrogens (tertiary/aromatic N) is 1. The van der Waals surface area contributed by atoms with Crippen molar-refractivity contribution in [1.82, 2.24) is 0 Å². The van der Waals surface area contributed by atoms with Crippen LogP contribution in [-0.4, -0.2) is 45.2 Å². The normalized spacial score (nSPS) is 16.4. The third kappa shape index (κ3) is 4.74. The molecule has 0 spiro atoms. The summed E-state index contributed by atoms with van der Waals surface area (Å²) < 4.78 is 22.2. The zero-order chi connectivity index (χ0) is 29.3. The average molecular weight is 546 g/mol. The Kier molecular flexibility index (Phi) is 8.09. The molecule has 8 nitrogen and oxygen atoms in total. The molecule has 1 atom stereocenters. The molecular formula is C32H35NO7. The first-order valence-electron chi connectivity index (χ1n) is 12.9. The number of ether oxygens (including phenoxy) is 4. The minimum absolute atomic E-state index is 0.0366. The molecule has 1 aliphatic rings. The Labute approximate surface area is 234 Å². The molecular weight excluding hydrogens is 510 g/mol. The first-order valence-corrected chi connectivity index (χ1v) is 12.9. The summed E-state index contributed by atoms with van der Waals surface area (Å²) in [5.41, 5.74) is 3.84. The summed E-state index contributed by atoms with van der Waals surface area (Å²) in [5.74, 6) is 0.0490. The van der Waals surface area contributed by atoms with Gasteiger partial charge in [-0.25, -0.2) is 0 Å². The molecule has 1 aliphatic heterocycles. The number of ketones is 1. The van der Waals surface area contributed by atoms with Gasteiger partial charge >= 0.3 is 0 Å². The van der Waals surface area contributed by atoms with E-state index < -0.39 is 17.7 Å². The van der Waals surface area contributed by atoms with E-state index in [1.54, 1.807) is 31.4 Å². The second-order valence-electron chi connectivity index (χ2n) is 9.98. The number of methoxy groups -OCH3 is 4. The molecule has 8 heteroatoms. The minimum atomic E-state index is -0.973. The third-order valence-corrected chi connectivity index (χ3v) is 7.28. The number of aliphatic hydroxyl groups is 1. The number of Topliss-reactive ketones (excluding diaryl/α,β-unsaturated/α-hetero) is 1. The highest BCUT2D eigenvalue weighted by atomic mass is 16.5. The van der Waals surface area contributed by atoms with Crippen molar-refractivity contribution in [2.75, 3.05) is 33.3 Å². The van der Waals surface area contributed by atoms with Crippen LogP contribution in [0.3, 0.4) is 0 Å². The summed E-state index contributed by atoms with van der Waals surface area (Å²) in [6.07, 6.45) is 0. The summed E-state index contributed by atoms with van der Waals surface area (Å²) in [4.78, 5) is 28.9. The zero-order valence-corrected chi connectivity index (χ0v) is 24.1. The van der Waals surface area contributed by atoms with E-state index in [2.05, 4.69) is 0 Å². The molecule has 0 radical (unpaired) electrons. The van der Waals surface area contributed by atoms with E-state index >= 15 is 0 Å². The van der Waals surface area contributed by atoms with Crippen LogP contribution in [0.5, 0.6) is 23.0 Å². The van der Waals surface area contributed by atoms with E-state index in [1.807, 2.05) is 52.0 Å². The zero-order valence-electron chi connectivity index (χ0n) is 24.1. The lowest BCUT2D eigenvalue weighted by Crippen LogP contribution is -2.30. The molecule has 0 saturated carbocycles. The van der Waals surface area contributed by atoms with Crippen LogP contribution < -0.4 is 23.8 Å². The number of aliphatic hydroxyl groups excluding tert-OH is 1. The Morgan fingerprint density at radius 1 is 0.825 bits per heavy atom. The summed E-state index contributed by atoms with van der Waals surface area (Å²) in [6.45, 7) is 7.73. The second-order valence-corrected chi connectivity index (χ2v) is 9.98. The van der Waals surface area contributed by atoms with Gasteiger partial charge in [0.05, 0.1) is 40.1 Å². The molecule has 0 bridgehead atoms. The van der Waals surface area contributed by atoms with Gasteiger partial charge in [-0.1, -0.05) is 32.0 Å². The fraction of sp³-hybridized carbons (Fsp3) is 0.312. The van der Waals surface area contributed by atoms with Crippen LogP contribution in [0.15, 0.2) is 54.1 Å². The van der Waals surface area contributed by atoms with E-state index in [1.165, 1.54) is 26.2 Å². The van der Waals surface area contributed by atoms with Gasteiger partial charge in [0, 0.05) is 11.3 Å². The number of benzene rings is 3. The van der Waals surface area contributed by atoms with Crippen LogP contribution in [0.2, 0.25) is 0 Å². The summed E-state index contributed by atoms with van der Waals surface area (Å²) >= 11 is 0. The monoisotopic (exact) mass is 545 g/mol. The van der Waals surface area contributed by atoms with Crippen molar-refractivity contribution in [3.8, 4) is 23.0 Å². The number of para-hydroxylation sites is 1. The molecule has 3 aromatic rings. The Bertz CT molecular complexity index is 1480. The number of aryl methyl sites for hydroxylation is 2. The van der Waals surface area contributed by atoms with Gasteiger partial charge in [-0.2, -0.15) is 0 Å². The molecule has 0 aliphatic carbocycles. The van der Waals surface area contributed by atoms with Crippen LogP contribution in [0.4, 0.5) is 5.69 Å². The highest BCUT2D eigenvalue weighted by Crippen LogP contribution is 2.48. The van der Waals surface area contributed by atoms with E-state index in [0.29, 0.717) is 45.4 Å². The first kappa shape index (κ1) is 28.5. The maximum absolute atomic E-state index is 13.8. The highest BCUT2D eigenvalue weighted by molar-refractivity contribution is 6.51. The largest absolute Gasteiger partial charge is 0.507 e. The molecule has 210 valence electrons. The number of carbonyl (C=O) groups excluding carboxylic acids is 2. The molecule has 1 saturated heterocycles. The lowest BCUT2D eigenvalue weighted by atomic mass is 9.90. The molecule has 1 fully saturated rings. The minimum Gasteiger partial charge on any atom is -0.507 e. The summed E-state index contributed by atoms with van der Waals surface area (Å²) in [5, 5.41) is 11.8. The van der Waals surface area contributed by atoms with Crippen molar-refractivity contribution < 1.29 is 33.6 Å². The Morgan fingerprint density at radius 3 is 1.95 bits per heavy atom. The molecule has 40 heavy (non-hydrogen) atoms. The predicted octanol–water partition coefficient (Wildman–Crippen LogP) is 6.09. The van der Waals surface area contributed by atoms with Crippen molar-refractivity contribution in [3.05, 3.63) is 81.9 Å². The van der Waals surface area contributed by atoms with Crippen LogP contribution >= 0.6 is 0 Å². The number of rotatable bonds is 8. The number of amides is 1. The summed E-state index contributed by atoms with van der Waals surface area (Å²) in [6, 6.07) is 13.4. The Balaban J connectivity index is 2.08. The van der Waals surface area contributed by atoms with Crippen LogP contribution in [0, 0.1) is 13.8 Å². The molecule has 1 unspecified atom stereocenters.